The lowest BCUT2D eigenvalue weighted by Gasteiger charge is -2.11. The molecule has 0 atom stereocenters. The van der Waals surface area contributed by atoms with E-state index in [0.29, 0.717) is 22.9 Å². The van der Waals surface area contributed by atoms with Crippen LogP contribution in [0.25, 0.3) is 0 Å². The highest BCUT2D eigenvalue weighted by Crippen LogP contribution is 2.13. The van der Waals surface area contributed by atoms with E-state index in [0.717, 1.165) is 0 Å². The molecule has 2 aromatic rings. The Morgan fingerprint density at radius 1 is 1.13 bits per heavy atom. The topological polar surface area (TPSA) is 84.0 Å². The van der Waals surface area contributed by atoms with Crippen LogP contribution in [0.15, 0.2) is 30.3 Å². The maximum absolute atomic E-state index is 12.4. The lowest BCUT2D eigenvalue weighted by molar-refractivity contribution is 0.100. The molecule has 1 amide bonds. The number of ketones is 1. The molecule has 2 N–H and O–H groups in total. The summed E-state index contributed by atoms with van der Waals surface area (Å²) in [5, 5.41) is 5.83. The normalized spacial score (nSPS) is 10.5. The molecule has 1 aromatic carbocycles. The Balaban J connectivity index is 2.22. The van der Waals surface area contributed by atoms with Gasteiger partial charge in [0.1, 0.15) is 5.69 Å². The summed E-state index contributed by atoms with van der Waals surface area (Å²) in [5.41, 5.74) is 2.07. The second-order valence-electron chi connectivity index (χ2n) is 5.61. The fourth-order valence-corrected chi connectivity index (χ4v) is 2.02. The first-order valence-electron chi connectivity index (χ1n) is 7.39. The van der Waals surface area contributed by atoms with Crippen molar-refractivity contribution in [2.75, 3.05) is 10.6 Å². The van der Waals surface area contributed by atoms with E-state index in [9.17, 15) is 9.59 Å². The summed E-state index contributed by atoms with van der Waals surface area (Å²) < 4.78 is 0. The number of aryl methyl sites for hydroxylation is 1. The number of aromatic nitrogens is 2. The highest BCUT2D eigenvalue weighted by atomic mass is 16.2. The van der Waals surface area contributed by atoms with E-state index >= 15 is 0 Å². The lowest BCUT2D eigenvalue weighted by atomic mass is 10.1. The second kappa shape index (κ2) is 7.00. The summed E-state index contributed by atoms with van der Waals surface area (Å²) in [6, 6.07) is 8.59. The van der Waals surface area contributed by atoms with Gasteiger partial charge in [-0.05, 0) is 45.9 Å². The van der Waals surface area contributed by atoms with Crippen molar-refractivity contribution in [3.63, 3.8) is 0 Å². The van der Waals surface area contributed by atoms with Crippen molar-refractivity contribution < 1.29 is 9.59 Å². The van der Waals surface area contributed by atoms with Gasteiger partial charge < -0.3 is 10.6 Å². The molecule has 0 spiro atoms. The molecule has 2 rings (SSSR count). The highest BCUT2D eigenvalue weighted by molar-refractivity contribution is 6.04. The number of amides is 1. The van der Waals surface area contributed by atoms with Crippen molar-refractivity contribution in [1.29, 1.82) is 0 Å². The molecule has 120 valence electrons. The van der Waals surface area contributed by atoms with Gasteiger partial charge in [-0.15, -0.1) is 0 Å². The Morgan fingerprint density at radius 2 is 1.87 bits per heavy atom. The third-order valence-electron chi connectivity index (χ3n) is 3.03. The number of Topliss-reactive ketones (excluding diaryl/α,β-unsaturated/α-hetero) is 1. The van der Waals surface area contributed by atoms with Gasteiger partial charge in [-0.25, -0.2) is 9.97 Å². The number of benzene rings is 1. The zero-order valence-electron chi connectivity index (χ0n) is 13.7. The first-order valence-corrected chi connectivity index (χ1v) is 7.39. The quantitative estimate of drug-likeness (QED) is 0.829. The number of hydrogen-bond donors (Lipinski definition) is 2. The molecule has 6 nitrogen and oxygen atoms in total. The number of anilines is 2. The standard InChI is InChI=1S/C17H20N4O2/c1-10(2)18-17-19-11(3)8-15(21-17)16(23)20-14-7-5-6-13(9-14)12(4)22/h5-10H,1-4H3,(H,20,23)(H,18,19,21). The third kappa shape index (κ3) is 4.60. The Kier molecular flexibility index (Phi) is 5.05. The molecule has 1 heterocycles. The molecule has 0 bridgehead atoms. The van der Waals surface area contributed by atoms with Crippen LogP contribution in [0, 0.1) is 6.92 Å². The summed E-state index contributed by atoms with van der Waals surface area (Å²) in [7, 11) is 0. The molecule has 23 heavy (non-hydrogen) atoms. The summed E-state index contributed by atoms with van der Waals surface area (Å²) in [4.78, 5) is 32.3. The van der Waals surface area contributed by atoms with E-state index in [1.807, 2.05) is 13.8 Å². The molecular weight excluding hydrogens is 292 g/mol. The number of hydrogen-bond acceptors (Lipinski definition) is 5. The van der Waals surface area contributed by atoms with E-state index in [4.69, 9.17) is 0 Å². The highest BCUT2D eigenvalue weighted by Gasteiger charge is 2.12. The minimum Gasteiger partial charge on any atom is -0.352 e. The number of carbonyl (C=O) groups excluding carboxylic acids is 2. The van der Waals surface area contributed by atoms with Crippen molar-refractivity contribution >= 4 is 23.3 Å². The van der Waals surface area contributed by atoms with Gasteiger partial charge >= 0.3 is 0 Å². The van der Waals surface area contributed by atoms with Crippen molar-refractivity contribution in [2.24, 2.45) is 0 Å². The molecule has 0 aliphatic heterocycles. The van der Waals surface area contributed by atoms with E-state index in [-0.39, 0.29) is 23.4 Å². The van der Waals surface area contributed by atoms with Gasteiger partial charge in [0.05, 0.1) is 0 Å². The van der Waals surface area contributed by atoms with Crippen LogP contribution in [-0.2, 0) is 0 Å². The average Bonchev–Trinajstić information content (AvgIpc) is 2.46. The Hall–Kier alpha value is -2.76. The summed E-state index contributed by atoms with van der Waals surface area (Å²) in [6.07, 6.45) is 0. The molecular formula is C17H20N4O2. The SMILES string of the molecule is CC(=O)c1cccc(NC(=O)c2cc(C)nc(NC(C)C)n2)c1. The molecule has 0 saturated heterocycles. The smallest absolute Gasteiger partial charge is 0.274 e. The van der Waals surface area contributed by atoms with Crippen molar-refractivity contribution in [3.05, 3.63) is 47.3 Å². The lowest BCUT2D eigenvalue weighted by Crippen LogP contribution is -2.18. The predicted octanol–water partition coefficient (Wildman–Crippen LogP) is 3.06. The van der Waals surface area contributed by atoms with Gasteiger partial charge in [0.2, 0.25) is 5.95 Å². The van der Waals surface area contributed by atoms with Crippen LogP contribution < -0.4 is 10.6 Å². The molecule has 0 aliphatic rings. The van der Waals surface area contributed by atoms with E-state index in [1.54, 1.807) is 37.3 Å². The van der Waals surface area contributed by atoms with E-state index < -0.39 is 0 Å². The maximum Gasteiger partial charge on any atom is 0.274 e. The van der Waals surface area contributed by atoms with Gasteiger partial charge in [0.15, 0.2) is 5.78 Å². The van der Waals surface area contributed by atoms with Crippen molar-refractivity contribution in [2.45, 2.75) is 33.7 Å². The van der Waals surface area contributed by atoms with Gasteiger partial charge in [-0.1, -0.05) is 12.1 Å². The van der Waals surface area contributed by atoms with E-state index in [1.165, 1.54) is 6.92 Å². The number of nitrogens with zero attached hydrogens (tertiary/aromatic N) is 2. The second-order valence-corrected chi connectivity index (χ2v) is 5.61. The zero-order chi connectivity index (χ0) is 17.0. The number of nitrogens with one attached hydrogen (secondary N) is 2. The third-order valence-corrected chi connectivity index (χ3v) is 3.03. The Bertz CT molecular complexity index is 741. The van der Waals surface area contributed by atoms with Crippen molar-refractivity contribution in [3.8, 4) is 0 Å². The van der Waals surface area contributed by atoms with Crippen LogP contribution >= 0.6 is 0 Å². The first kappa shape index (κ1) is 16.6. The predicted molar refractivity (Wildman–Crippen MR) is 89.9 cm³/mol. The molecule has 0 unspecified atom stereocenters. The van der Waals surface area contributed by atoms with Gasteiger partial charge in [-0.2, -0.15) is 0 Å². The minimum atomic E-state index is -0.344. The maximum atomic E-state index is 12.4. The Labute approximate surface area is 135 Å². The first-order chi connectivity index (χ1) is 10.8. The van der Waals surface area contributed by atoms with Crippen LogP contribution in [0.4, 0.5) is 11.6 Å². The van der Waals surface area contributed by atoms with Crippen LogP contribution in [0.2, 0.25) is 0 Å². The van der Waals surface area contributed by atoms with Crippen LogP contribution in [0.3, 0.4) is 0 Å². The Morgan fingerprint density at radius 3 is 2.52 bits per heavy atom. The molecule has 1 aromatic heterocycles. The summed E-state index contributed by atoms with van der Waals surface area (Å²) in [6.45, 7) is 7.23. The molecule has 6 heteroatoms. The minimum absolute atomic E-state index is 0.0533. The summed E-state index contributed by atoms with van der Waals surface area (Å²) >= 11 is 0. The largest absolute Gasteiger partial charge is 0.352 e. The molecule has 0 fully saturated rings. The van der Waals surface area contributed by atoms with Crippen LogP contribution in [0.5, 0.6) is 0 Å². The zero-order valence-corrected chi connectivity index (χ0v) is 13.7. The summed E-state index contributed by atoms with van der Waals surface area (Å²) in [5.74, 6) is 0.0213. The van der Waals surface area contributed by atoms with Crippen LogP contribution in [0.1, 0.15) is 47.3 Å². The fraction of sp³-hybridized carbons (Fsp3) is 0.294. The molecule has 0 aliphatic carbocycles. The van der Waals surface area contributed by atoms with Gasteiger partial charge in [0, 0.05) is 23.0 Å². The van der Waals surface area contributed by atoms with Gasteiger partial charge in [-0.3, -0.25) is 9.59 Å². The number of carbonyl (C=O) groups is 2. The molecule has 0 saturated carbocycles. The van der Waals surface area contributed by atoms with Gasteiger partial charge in [0.25, 0.3) is 5.91 Å². The average molecular weight is 312 g/mol. The fourth-order valence-electron chi connectivity index (χ4n) is 2.02. The monoisotopic (exact) mass is 312 g/mol. The number of rotatable bonds is 5. The van der Waals surface area contributed by atoms with E-state index in [2.05, 4.69) is 20.6 Å². The molecule has 0 radical (unpaired) electrons. The van der Waals surface area contributed by atoms with Crippen LogP contribution in [-0.4, -0.2) is 27.7 Å². The van der Waals surface area contributed by atoms with Crippen molar-refractivity contribution in [1.82, 2.24) is 9.97 Å².